The highest BCUT2D eigenvalue weighted by Gasteiger charge is 2.34. The SMILES string of the molecule is CN(C)C(=O)CN(Cc1ccccc1)C(=O)C1CC(c2ccccc2F)=NO1. The van der Waals surface area contributed by atoms with Crippen molar-refractivity contribution in [3.63, 3.8) is 0 Å². The highest BCUT2D eigenvalue weighted by atomic mass is 19.1. The normalized spacial score (nSPS) is 15.5. The van der Waals surface area contributed by atoms with E-state index in [-0.39, 0.29) is 31.3 Å². The Hall–Kier alpha value is -3.22. The van der Waals surface area contributed by atoms with Crippen LogP contribution in [0.3, 0.4) is 0 Å². The number of halogens is 1. The summed E-state index contributed by atoms with van der Waals surface area (Å²) in [5.74, 6) is -0.964. The third-order valence-electron chi connectivity index (χ3n) is 4.48. The van der Waals surface area contributed by atoms with Crippen LogP contribution < -0.4 is 0 Å². The van der Waals surface area contributed by atoms with Crippen LogP contribution >= 0.6 is 0 Å². The Morgan fingerprint density at radius 3 is 2.46 bits per heavy atom. The van der Waals surface area contributed by atoms with Crippen molar-refractivity contribution in [2.45, 2.75) is 19.1 Å². The molecule has 0 fully saturated rings. The molecule has 0 bridgehead atoms. The predicted molar refractivity (Wildman–Crippen MR) is 103 cm³/mol. The Labute approximate surface area is 163 Å². The zero-order valence-corrected chi connectivity index (χ0v) is 15.8. The summed E-state index contributed by atoms with van der Waals surface area (Å²) in [7, 11) is 3.28. The van der Waals surface area contributed by atoms with Gasteiger partial charge in [0, 0.05) is 32.6 Å². The zero-order chi connectivity index (χ0) is 20.1. The van der Waals surface area contributed by atoms with Gasteiger partial charge < -0.3 is 14.6 Å². The number of carbonyl (C=O) groups excluding carboxylic acids is 2. The van der Waals surface area contributed by atoms with Gasteiger partial charge in [-0.15, -0.1) is 0 Å². The average molecular weight is 383 g/mol. The summed E-state index contributed by atoms with van der Waals surface area (Å²) in [6.07, 6.45) is -0.727. The number of hydrogen-bond acceptors (Lipinski definition) is 4. The molecule has 1 aliphatic rings. The van der Waals surface area contributed by atoms with Crippen molar-refractivity contribution in [3.8, 4) is 0 Å². The number of rotatable bonds is 6. The molecule has 6 nitrogen and oxygen atoms in total. The maximum Gasteiger partial charge on any atom is 0.267 e. The molecule has 0 aliphatic carbocycles. The van der Waals surface area contributed by atoms with Gasteiger partial charge in [-0.25, -0.2) is 4.39 Å². The smallest absolute Gasteiger partial charge is 0.267 e. The minimum absolute atomic E-state index is 0.0738. The molecule has 1 atom stereocenters. The molecule has 2 aromatic carbocycles. The van der Waals surface area contributed by atoms with E-state index >= 15 is 0 Å². The second kappa shape index (κ2) is 8.65. The second-order valence-electron chi connectivity index (χ2n) is 6.78. The summed E-state index contributed by atoms with van der Waals surface area (Å²) in [4.78, 5) is 33.4. The van der Waals surface area contributed by atoms with E-state index < -0.39 is 11.9 Å². The lowest BCUT2D eigenvalue weighted by atomic mass is 10.0. The van der Waals surface area contributed by atoms with E-state index in [9.17, 15) is 14.0 Å². The summed E-state index contributed by atoms with van der Waals surface area (Å²) in [6.45, 7) is 0.198. The Balaban J connectivity index is 1.74. The Kier molecular flexibility index (Phi) is 6.03. The van der Waals surface area contributed by atoms with Crippen LogP contribution in [0.4, 0.5) is 4.39 Å². The Bertz CT molecular complexity index is 883. The third-order valence-corrected chi connectivity index (χ3v) is 4.48. The van der Waals surface area contributed by atoms with Crippen LogP contribution in [0.2, 0.25) is 0 Å². The van der Waals surface area contributed by atoms with Gasteiger partial charge in [0.2, 0.25) is 12.0 Å². The molecule has 0 spiro atoms. The van der Waals surface area contributed by atoms with Crippen molar-refractivity contribution >= 4 is 17.5 Å². The number of carbonyl (C=O) groups is 2. The summed E-state index contributed by atoms with van der Waals surface area (Å²) >= 11 is 0. The molecule has 1 aliphatic heterocycles. The molecule has 0 N–H and O–H groups in total. The lowest BCUT2D eigenvalue weighted by Crippen LogP contribution is -2.44. The first-order valence-electron chi connectivity index (χ1n) is 8.96. The van der Waals surface area contributed by atoms with E-state index in [1.807, 2.05) is 30.3 Å². The Morgan fingerprint density at radius 2 is 1.79 bits per heavy atom. The van der Waals surface area contributed by atoms with E-state index in [4.69, 9.17) is 4.84 Å². The van der Waals surface area contributed by atoms with Crippen molar-refractivity contribution in [3.05, 3.63) is 71.5 Å². The lowest BCUT2D eigenvalue weighted by molar-refractivity contribution is -0.147. The number of likely N-dealkylation sites (N-methyl/N-ethyl adjacent to an activating group) is 1. The fraction of sp³-hybridized carbons (Fsp3) is 0.286. The van der Waals surface area contributed by atoms with E-state index in [0.29, 0.717) is 11.3 Å². The maximum absolute atomic E-state index is 14.0. The summed E-state index contributed by atoms with van der Waals surface area (Å²) in [6, 6.07) is 15.6. The minimum atomic E-state index is -0.881. The molecule has 1 heterocycles. The van der Waals surface area contributed by atoms with E-state index in [0.717, 1.165) is 5.56 Å². The van der Waals surface area contributed by atoms with Gasteiger partial charge in [-0.3, -0.25) is 9.59 Å². The van der Waals surface area contributed by atoms with Crippen LogP contribution in [0.15, 0.2) is 59.8 Å². The van der Waals surface area contributed by atoms with Crippen LogP contribution in [-0.4, -0.2) is 54.1 Å². The summed E-state index contributed by atoms with van der Waals surface area (Å²) < 4.78 is 14.0. The van der Waals surface area contributed by atoms with Crippen LogP contribution in [0, 0.1) is 5.82 Å². The molecule has 146 valence electrons. The lowest BCUT2D eigenvalue weighted by Gasteiger charge is -2.25. The monoisotopic (exact) mass is 383 g/mol. The van der Waals surface area contributed by atoms with Crippen molar-refractivity contribution < 1.29 is 18.8 Å². The molecule has 28 heavy (non-hydrogen) atoms. The highest BCUT2D eigenvalue weighted by molar-refractivity contribution is 6.04. The first kappa shape index (κ1) is 19.5. The van der Waals surface area contributed by atoms with Gasteiger partial charge in [-0.1, -0.05) is 53.7 Å². The topological polar surface area (TPSA) is 62.2 Å². The zero-order valence-electron chi connectivity index (χ0n) is 15.8. The van der Waals surface area contributed by atoms with Gasteiger partial charge in [0.25, 0.3) is 5.91 Å². The fourth-order valence-corrected chi connectivity index (χ4v) is 2.89. The van der Waals surface area contributed by atoms with Crippen LogP contribution in [0.25, 0.3) is 0 Å². The largest absolute Gasteiger partial charge is 0.382 e. The molecule has 2 aromatic rings. The standard InChI is InChI=1S/C21H22FN3O3/c1-24(2)20(26)14-25(13-15-8-4-3-5-9-15)21(27)19-12-18(23-28-19)16-10-6-7-11-17(16)22/h3-11,19H,12-14H2,1-2H3. The minimum Gasteiger partial charge on any atom is -0.382 e. The summed E-state index contributed by atoms with van der Waals surface area (Å²) in [5.41, 5.74) is 1.60. The molecule has 2 amide bonds. The van der Waals surface area contributed by atoms with E-state index in [1.54, 1.807) is 32.3 Å². The maximum atomic E-state index is 14.0. The summed E-state index contributed by atoms with van der Waals surface area (Å²) in [5, 5.41) is 3.91. The quantitative estimate of drug-likeness (QED) is 0.770. The van der Waals surface area contributed by atoms with Crippen molar-refractivity contribution in [2.24, 2.45) is 5.16 Å². The van der Waals surface area contributed by atoms with Crippen LogP contribution in [-0.2, 0) is 21.0 Å². The molecule has 0 radical (unpaired) electrons. The van der Waals surface area contributed by atoms with Gasteiger partial charge in [0.15, 0.2) is 0 Å². The number of amides is 2. The van der Waals surface area contributed by atoms with Crippen LogP contribution in [0.5, 0.6) is 0 Å². The van der Waals surface area contributed by atoms with Crippen molar-refractivity contribution in [2.75, 3.05) is 20.6 Å². The molecule has 0 saturated heterocycles. The van der Waals surface area contributed by atoms with E-state index in [2.05, 4.69) is 5.16 Å². The molecular formula is C21H22FN3O3. The molecule has 0 aromatic heterocycles. The first-order valence-corrected chi connectivity index (χ1v) is 8.96. The van der Waals surface area contributed by atoms with Crippen molar-refractivity contribution in [1.29, 1.82) is 0 Å². The van der Waals surface area contributed by atoms with Gasteiger partial charge in [-0.2, -0.15) is 0 Å². The molecule has 3 rings (SSSR count). The number of hydrogen-bond donors (Lipinski definition) is 0. The fourth-order valence-electron chi connectivity index (χ4n) is 2.89. The van der Waals surface area contributed by atoms with Crippen LogP contribution in [0.1, 0.15) is 17.5 Å². The van der Waals surface area contributed by atoms with Gasteiger partial charge in [0.05, 0.1) is 5.71 Å². The van der Waals surface area contributed by atoms with Gasteiger partial charge in [-0.05, 0) is 11.6 Å². The Morgan fingerprint density at radius 1 is 1.11 bits per heavy atom. The highest BCUT2D eigenvalue weighted by Crippen LogP contribution is 2.21. The molecule has 7 heteroatoms. The molecule has 1 unspecified atom stereocenters. The second-order valence-corrected chi connectivity index (χ2v) is 6.78. The number of oxime groups is 1. The number of nitrogens with zero attached hydrogens (tertiary/aromatic N) is 3. The predicted octanol–water partition coefficient (Wildman–Crippen LogP) is 2.44. The average Bonchev–Trinajstić information content (AvgIpc) is 3.18. The number of benzene rings is 2. The van der Waals surface area contributed by atoms with Crippen molar-refractivity contribution in [1.82, 2.24) is 9.80 Å². The van der Waals surface area contributed by atoms with Gasteiger partial charge >= 0.3 is 0 Å². The molecule has 0 saturated carbocycles. The first-order chi connectivity index (χ1) is 13.5. The third kappa shape index (κ3) is 4.54. The van der Waals surface area contributed by atoms with E-state index in [1.165, 1.54) is 15.9 Å². The molecular weight excluding hydrogens is 361 g/mol. The van der Waals surface area contributed by atoms with Gasteiger partial charge in [0.1, 0.15) is 12.4 Å².